The lowest BCUT2D eigenvalue weighted by atomic mass is 10.1. The first-order valence-corrected chi connectivity index (χ1v) is 11.1. The Morgan fingerprint density at radius 2 is 1.50 bits per heavy atom. The Morgan fingerprint density at radius 3 is 2.15 bits per heavy atom. The maximum atomic E-state index is 12.9. The number of amides is 4. The predicted octanol–water partition coefficient (Wildman–Crippen LogP) is 1.72. The molecule has 0 spiro atoms. The van der Waals surface area contributed by atoms with Crippen LogP contribution in [-0.4, -0.2) is 76.6 Å². The van der Waals surface area contributed by atoms with E-state index in [4.69, 9.17) is 4.74 Å². The zero-order valence-corrected chi connectivity index (χ0v) is 19.0. The second-order valence-electron chi connectivity index (χ2n) is 8.32. The van der Waals surface area contributed by atoms with Gasteiger partial charge in [-0.2, -0.15) is 0 Å². The molecule has 0 N–H and O–H groups in total. The van der Waals surface area contributed by atoms with Gasteiger partial charge in [-0.05, 0) is 30.7 Å². The minimum absolute atomic E-state index is 0.0430. The maximum Gasteiger partial charge on any atom is 0.338 e. The summed E-state index contributed by atoms with van der Waals surface area (Å²) in [4.78, 5) is 66.8. The van der Waals surface area contributed by atoms with E-state index in [0.717, 1.165) is 10.5 Å². The molecule has 2 aliphatic heterocycles. The number of carbonyl (C=O) groups excluding carboxylic acids is 5. The fraction of sp³-hybridized carbons (Fsp3) is 0.320. The van der Waals surface area contributed by atoms with E-state index < -0.39 is 23.9 Å². The molecule has 176 valence electrons. The minimum atomic E-state index is -1.03. The average Bonchev–Trinajstić information content (AvgIpc) is 3.08. The van der Waals surface area contributed by atoms with Crippen LogP contribution in [0.15, 0.2) is 48.5 Å². The number of rotatable bonds is 5. The van der Waals surface area contributed by atoms with Crippen LogP contribution in [0.3, 0.4) is 0 Å². The van der Waals surface area contributed by atoms with Gasteiger partial charge in [0.15, 0.2) is 6.10 Å². The molecule has 0 radical (unpaired) electrons. The molecule has 4 amide bonds. The van der Waals surface area contributed by atoms with Gasteiger partial charge in [0.1, 0.15) is 0 Å². The molecule has 2 aromatic carbocycles. The van der Waals surface area contributed by atoms with Crippen molar-refractivity contribution >= 4 is 29.6 Å². The van der Waals surface area contributed by atoms with Crippen LogP contribution in [-0.2, 0) is 20.9 Å². The lowest BCUT2D eigenvalue weighted by Crippen LogP contribution is -2.52. The molecule has 0 aromatic heterocycles. The molecule has 0 aliphatic carbocycles. The summed E-state index contributed by atoms with van der Waals surface area (Å²) < 4.78 is 5.35. The van der Waals surface area contributed by atoms with E-state index in [9.17, 15) is 24.0 Å². The topological polar surface area (TPSA) is 104 Å². The van der Waals surface area contributed by atoms with Gasteiger partial charge in [0.2, 0.25) is 5.91 Å². The Kier molecular flexibility index (Phi) is 6.45. The fourth-order valence-electron chi connectivity index (χ4n) is 4.11. The van der Waals surface area contributed by atoms with Gasteiger partial charge in [0.25, 0.3) is 17.7 Å². The van der Waals surface area contributed by atoms with Crippen LogP contribution in [0, 0.1) is 0 Å². The lowest BCUT2D eigenvalue weighted by molar-refractivity contribution is -0.144. The van der Waals surface area contributed by atoms with E-state index in [2.05, 4.69) is 0 Å². The molecule has 0 saturated carbocycles. The summed E-state index contributed by atoms with van der Waals surface area (Å²) in [5.74, 6) is -2.05. The molecule has 1 saturated heterocycles. The van der Waals surface area contributed by atoms with Crippen molar-refractivity contribution in [2.75, 3.05) is 26.2 Å². The van der Waals surface area contributed by atoms with Gasteiger partial charge in [-0.25, -0.2) is 4.79 Å². The first-order chi connectivity index (χ1) is 16.3. The van der Waals surface area contributed by atoms with E-state index in [1.165, 1.54) is 32.0 Å². The van der Waals surface area contributed by atoms with Crippen molar-refractivity contribution in [2.45, 2.75) is 26.5 Å². The molecule has 4 rings (SSSR count). The standard InChI is InChI=1S/C25H25N3O6/c1-16(22(30)27-12-10-26(11-13-27)17(2)29)34-25(33)19-8-9-20-21(14-19)24(32)28(23(20)31)15-18-6-4-3-5-7-18/h3-9,14,16H,10-13,15H2,1-2H3. The first kappa shape index (κ1) is 23.2. The van der Waals surface area contributed by atoms with Crippen LogP contribution >= 0.6 is 0 Å². The van der Waals surface area contributed by atoms with Crippen molar-refractivity contribution in [3.63, 3.8) is 0 Å². The molecule has 1 atom stereocenters. The third-order valence-electron chi connectivity index (χ3n) is 6.06. The van der Waals surface area contributed by atoms with Gasteiger partial charge in [0, 0.05) is 33.1 Å². The summed E-state index contributed by atoms with van der Waals surface area (Å²) in [5.41, 5.74) is 1.26. The Bertz CT molecular complexity index is 1150. The van der Waals surface area contributed by atoms with Crippen LogP contribution in [0.2, 0.25) is 0 Å². The van der Waals surface area contributed by atoms with Gasteiger partial charge < -0.3 is 14.5 Å². The van der Waals surface area contributed by atoms with E-state index in [-0.39, 0.29) is 35.0 Å². The van der Waals surface area contributed by atoms with Crippen molar-refractivity contribution in [3.05, 3.63) is 70.8 Å². The third kappa shape index (κ3) is 4.54. The molecule has 1 unspecified atom stereocenters. The molecular weight excluding hydrogens is 438 g/mol. The number of benzene rings is 2. The molecule has 9 heteroatoms. The van der Waals surface area contributed by atoms with E-state index in [0.29, 0.717) is 26.2 Å². The molecule has 1 fully saturated rings. The monoisotopic (exact) mass is 463 g/mol. The molecule has 2 heterocycles. The van der Waals surface area contributed by atoms with E-state index in [1.54, 1.807) is 9.80 Å². The summed E-state index contributed by atoms with van der Waals surface area (Å²) in [7, 11) is 0. The quantitative estimate of drug-likeness (QED) is 0.494. The van der Waals surface area contributed by atoms with Gasteiger partial charge >= 0.3 is 5.97 Å². The normalized spacial score (nSPS) is 16.4. The van der Waals surface area contributed by atoms with Crippen LogP contribution < -0.4 is 0 Å². The van der Waals surface area contributed by atoms with Gasteiger partial charge in [-0.3, -0.25) is 24.1 Å². The number of ether oxygens (including phenoxy) is 1. The minimum Gasteiger partial charge on any atom is -0.449 e. The average molecular weight is 463 g/mol. The van der Waals surface area contributed by atoms with Crippen molar-refractivity contribution in [1.82, 2.24) is 14.7 Å². The summed E-state index contributed by atoms with van der Waals surface area (Å²) in [6, 6.07) is 13.3. The second-order valence-corrected chi connectivity index (χ2v) is 8.32. The van der Waals surface area contributed by atoms with Crippen molar-refractivity contribution in [2.24, 2.45) is 0 Å². The number of nitrogens with zero attached hydrogens (tertiary/aromatic N) is 3. The Hall–Kier alpha value is -4.01. The second kappa shape index (κ2) is 9.46. The van der Waals surface area contributed by atoms with Crippen LogP contribution in [0.4, 0.5) is 0 Å². The zero-order valence-electron chi connectivity index (χ0n) is 19.0. The van der Waals surface area contributed by atoms with Gasteiger partial charge in [0.05, 0.1) is 23.2 Å². The Morgan fingerprint density at radius 1 is 0.882 bits per heavy atom. The predicted molar refractivity (Wildman–Crippen MR) is 121 cm³/mol. The van der Waals surface area contributed by atoms with Gasteiger partial charge in [-0.1, -0.05) is 30.3 Å². The number of imide groups is 1. The van der Waals surface area contributed by atoms with Crippen LogP contribution in [0.1, 0.15) is 50.5 Å². The summed E-state index contributed by atoms with van der Waals surface area (Å²) >= 11 is 0. The highest BCUT2D eigenvalue weighted by Gasteiger charge is 2.36. The van der Waals surface area contributed by atoms with Gasteiger partial charge in [-0.15, -0.1) is 0 Å². The third-order valence-corrected chi connectivity index (χ3v) is 6.06. The highest BCUT2D eigenvalue weighted by molar-refractivity contribution is 6.21. The smallest absolute Gasteiger partial charge is 0.338 e. The molecular formula is C25H25N3O6. The van der Waals surface area contributed by atoms with Crippen molar-refractivity contribution in [1.29, 1.82) is 0 Å². The molecule has 0 bridgehead atoms. The fourth-order valence-corrected chi connectivity index (χ4v) is 4.11. The van der Waals surface area contributed by atoms with E-state index >= 15 is 0 Å². The summed E-state index contributed by atoms with van der Waals surface area (Å²) in [6.07, 6.45) is -1.03. The zero-order chi connectivity index (χ0) is 24.4. The molecule has 2 aromatic rings. The van der Waals surface area contributed by atoms with Crippen LogP contribution in [0.5, 0.6) is 0 Å². The molecule has 2 aliphatic rings. The Labute approximate surface area is 196 Å². The first-order valence-electron chi connectivity index (χ1n) is 11.1. The SMILES string of the molecule is CC(=O)N1CCN(C(=O)C(C)OC(=O)c2ccc3c(c2)C(=O)N(Cc2ccccc2)C3=O)CC1. The molecule has 9 nitrogen and oxygen atoms in total. The largest absolute Gasteiger partial charge is 0.449 e. The Balaban J connectivity index is 1.41. The number of hydrogen-bond donors (Lipinski definition) is 0. The summed E-state index contributed by atoms with van der Waals surface area (Å²) in [5, 5.41) is 0. The number of hydrogen-bond acceptors (Lipinski definition) is 6. The van der Waals surface area contributed by atoms with Crippen LogP contribution in [0.25, 0.3) is 0 Å². The van der Waals surface area contributed by atoms with Crippen molar-refractivity contribution in [3.8, 4) is 0 Å². The highest BCUT2D eigenvalue weighted by Crippen LogP contribution is 2.26. The highest BCUT2D eigenvalue weighted by atomic mass is 16.5. The molecule has 34 heavy (non-hydrogen) atoms. The number of esters is 1. The number of fused-ring (bicyclic) bond motifs is 1. The van der Waals surface area contributed by atoms with Crippen molar-refractivity contribution < 1.29 is 28.7 Å². The maximum absolute atomic E-state index is 12.9. The number of piperazine rings is 1. The van der Waals surface area contributed by atoms with E-state index in [1.807, 2.05) is 30.3 Å². The number of carbonyl (C=O) groups is 5. The lowest BCUT2D eigenvalue weighted by Gasteiger charge is -2.35. The summed E-state index contributed by atoms with van der Waals surface area (Å²) in [6.45, 7) is 4.71.